The average Bonchev–Trinajstić information content (AvgIpc) is 3.08. The van der Waals surface area contributed by atoms with Crippen molar-refractivity contribution in [3.05, 3.63) is 18.2 Å². The van der Waals surface area contributed by atoms with Gasteiger partial charge in [-0.15, -0.1) is 0 Å². The Hall–Kier alpha value is -1.32. The van der Waals surface area contributed by atoms with Crippen LogP contribution in [-0.2, 0) is 4.79 Å². The van der Waals surface area contributed by atoms with E-state index in [1.165, 1.54) is 32.1 Å². The normalized spacial score (nSPS) is 42.2. The molecule has 5 aliphatic rings. The molecule has 0 unspecified atom stereocenters. The number of carbonyl (C=O) groups excluding carboxylic acids is 1. The van der Waals surface area contributed by atoms with Gasteiger partial charge in [-0.25, -0.2) is 4.98 Å². The second-order valence-electron chi connectivity index (χ2n) is 8.55. The quantitative estimate of drug-likeness (QED) is 0.911. The van der Waals surface area contributed by atoms with Gasteiger partial charge >= 0.3 is 0 Å². The maximum Gasteiger partial charge on any atom is 0.226 e. The van der Waals surface area contributed by atoms with E-state index in [1.54, 1.807) is 0 Å². The SMILES string of the molecule is O=C(C1C2CC3CC(C2)CC1C3)N1CCC[C@@H](c2ncc[nH]2)C1. The van der Waals surface area contributed by atoms with E-state index in [1.807, 2.05) is 12.4 Å². The van der Waals surface area contributed by atoms with Gasteiger partial charge in [-0.2, -0.15) is 0 Å². The third-order valence-corrected chi connectivity index (χ3v) is 7.15. The number of aromatic nitrogens is 2. The highest BCUT2D eigenvalue weighted by atomic mass is 16.2. The Morgan fingerprint density at radius 2 is 1.87 bits per heavy atom. The van der Waals surface area contributed by atoms with Crippen LogP contribution in [0.1, 0.15) is 56.7 Å². The summed E-state index contributed by atoms with van der Waals surface area (Å²) in [5, 5.41) is 0. The van der Waals surface area contributed by atoms with Crippen LogP contribution in [0.5, 0.6) is 0 Å². The summed E-state index contributed by atoms with van der Waals surface area (Å²) in [6.07, 6.45) is 12.8. The largest absolute Gasteiger partial charge is 0.348 e. The summed E-state index contributed by atoms with van der Waals surface area (Å²) < 4.78 is 0. The fourth-order valence-electron chi connectivity index (χ4n) is 6.44. The molecule has 0 radical (unpaired) electrons. The summed E-state index contributed by atoms with van der Waals surface area (Å²) >= 11 is 0. The second kappa shape index (κ2) is 5.35. The molecule has 1 atom stereocenters. The first kappa shape index (κ1) is 14.1. The Bertz CT molecular complexity index is 553. The number of hydrogen-bond donors (Lipinski definition) is 1. The highest BCUT2D eigenvalue weighted by Gasteiger charge is 2.51. The van der Waals surface area contributed by atoms with Crippen LogP contribution in [-0.4, -0.2) is 33.9 Å². The minimum Gasteiger partial charge on any atom is -0.348 e. The molecule has 1 aromatic heterocycles. The van der Waals surface area contributed by atoms with Crippen molar-refractivity contribution in [1.82, 2.24) is 14.9 Å². The lowest BCUT2D eigenvalue weighted by Gasteiger charge is -2.54. The van der Waals surface area contributed by atoms with E-state index >= 15 is 0 Å². The molecule has 4 saturated carbocycles. The molecule has 1 aliphatic heterocycles. The molecule has 2 heterocycles. The van der Waals surface area contributed by atoms with E-state index in [4.69, 9.17) is 0 Å². The fourth-order valence-corrected chi connectivity index (χ4v) is 6.44. The van der Waals surface area contributed by atoms with Gasteiger partial charge < -0.3 is 9.88 Å². The maximum absolute atomic E-state index is 13.3. The number of amides is 1. The first-order valence-electron chi connectivity index (χ1n) is 9.56. The zero-order chi connectivity index (χ0) is 15.4. The lowest BCUT2D eigenvalue weighted by atomic mass is 9.51. The topological polar surface area (TPSA) is 49.0 Å². The molecule has 5 fully saturated rings. The van der Waals surface area contributed by atoms with Gasteiger partial charge in [0.25, 0.3) is 0 Å². The van der Waals surface area contributed by atoms with Crippen molar-refractivity contribution in [2.75, 3.05) is 13.1 Å². The van der Waals surface area contributed by atoms with Gasteiger partial charge in [0, 0.05) is 37.3 Å². The fraction of sp³-hybridized carbons (Fsp3) is 0.789. The van der Waals surface area contributed by atoms with Crippen LogP contribution < -0.4 is 0 Å². The van der Waals surface area contributed by atoms with E-state index in [9.17, 15) is 4.79 Å². The summed E-state index contributed by atoms with van der Waals surface area (Å²) in [6.45, 7) is 1.83. The molecule has 23 heavy (non-hydrogen) atoms. The third kappa shape index (κ3) is 2.33. The first-order valence-corrected chi connectivity index (χ1v) is 9.56. The molecule has 1 amide bonds. The molecule has 1 saturated heterocycles. The predicted octanol–water partition coefficient (Wildman–Crippen LogP) is 3.19. The Kier molecular flexibility index (Phi) is 3.27. The molecule has 0 aromatic carbocycles. The first-order chi connectivity index (χ1) is 11.3. The summed E-state index contributed by atoms with van der Waals surface area (Å²) in [6, 6.07) is 0. The maximum atomic E-state index is 13.3. The summed E-state index contributed by atoms with van der Waals surface area (Å²) in [4.78, 5) is 23.2. The van der Waals surface area contributed by atoms with Gasteiger partial charge in [-0.05, 0) is 68.6 Å². The Balaban J connectivity index is 1.32. The van der Waals surface area contributed by atoms with Crippen molar-refractivity contribution in [2.45, 2.75) is 50.9 Å². The average molecular weight is 313 g/mol. The number of piperidine rings is 1. The van der Waals surface area contributed by atoms with Crippen molar-refractivity contribution >= 4 is 5.91 Å². The Morgan fingerprint density at radius 3 is 2.52 bits per heavy atom. The number of hydrogen-bond acceptors (Lipinski definition) is 2. The third-order valence-electron chi connectivity index (χ3n) is 7.15. The van der Waals surface area contributed by atoms with Crippen molar-refractivity contribution in [3.8, 4) is 0 Å². The van der Waals surface area contributed by atoms with E-state index in [0.717, 1.165) is 43.6 Å². The molecule has 4 heteroatoms. The molecular formula is C19H27N3O. The molecule has 4 nitrogen and oxygen atoms in total. The van der Waals surface area contributed by atoms with Gasteiger partial charge in [0.15, 0.2) is 0 Å². The minimum absolute atomic E-state index is 0.346. The van der Waals surface area contributed by atoms with Crippen molar-refractivity contribution in [3.63, 3.8) is 0 Å². The highest BCUT2D eigenvalue weighted by Crippen LogP contribution is 2.57. The van der Waals surface area contributed by atoms with Gasteiger partial charge in [0.1, 0.15) is 5.82 Å². The van der Waals surface area contributed by atoms with Crippen molar-refractivity contribution < 1.29 is 4.79 Å². The zero-order valence-corrected chi connectivity index (χ0v) is 13.8. The van der Waals surface area contributed by atoms with Crippen LogP contribution in [0.3, 0.4) is 0 Å². The number of nitrogens with one attached hydrogen (secondary N) is 1. The Morgan fingerprint density at radius 1 is 1.13 bits per heavy atom. The van der Waals surface area contributed by atoms with Gasteiger partial charge in [0.2, 0.25) is 5.91 Å². The van der Waals surface area contributed by atoms with E-state index in [-0.39, 0.29) is 0 Å². The van der Waals surface area contributed by atoms with Crippen LogP contribution in [0.2, 0.25) is 0 Å². The Labute approximate surface area is 138 Å². The molecule has 124 valence electrons. The minimum atomic E-state index is 0.346. The molecule has 0 spiro atoms. The summed E-state index contributed by atoms with van der Waals surface area (Å²) in [7, 11) is 0. The number of likely N-dealkylation sites (tertiary alicyclic amines) is 1. The van der Waals surface area contributed by atoms with Crippen molar-refractivity contribution in [2.24, 2.45) is 29.6 Å². The van der Waals surface area contributed by atoms with Crippen LogP contribution in [0.25, 0.3) is 0 Å². The van der Waals surface area contributed by atoms with Crippen LogP contribution in [0.15, 0.2) is 12.4 Å². The summed E-state index contributed by atoms with van der Waals surface area (Å²) in [5.41, 5.74) is 0. The van der Waals surface area contributed by atoms with E-state index in [2.05, 4.69) is 14.9 Å². The number of aromatic amines is 1. The predicted molar refractivity (Wildman–Crippen MR) is 87.7 cm³/mol. The molecular weight excluding hydrogens is 286 g/mol. The number of imidazole rings is 1. The second-order valence-corrected chi connectivity index (χ2v) is 8.55. The molecule has 4 aliphatic carbocycles. The van der Waals surface area contributed by atoms with Crippen LogP contribution >= 0.6 is 0 Å². The molecule has 1 aromatic rings. The number of carbonyl (C=O) groups is 1. The lowest BCUT2D eigenvalue weighted by Crippen LogP contribution is -2.53. The van der Waals surface area contributed by atoms with E-state index < -0.39 is 0 Å². The number of rotatable bonds is 2. The molecule has 1 N–H and O–H groups in total. The molecule has 4 bridgehead atoms. The van der Waals surface area contributed by atoms with Gasteiger partial charge in [-0.1, -0.05) is 0 Å². The number of H-pyrrole nitrogens is 1. The van der Waals surface area contributed by atoms with Crippen LogP contribution in [0.4, 0.5) is 0 Å². The standard InChI is InChI=1S/C19H27N3O/c23-19(17-15-7-12-6-13(9-15)10-16(17)8-12)22-5-1-2-14(11-22)18-20-3-4-21-18/h3-4,12-17H,1-2,5-11H2,(H,20,21)/t12?,13?,14-,15?,16?,17?/m1/s1. The smallest absolute Gasteiger partial charge is 0.226 e. The lowest BCUT2D eigenvalue weighted by molar-refractivity contribution is -0.150. The van der Waals surface area contributed by atoms with E-state index in [0.29, 0.717) is 29.6 Å². The monoisotopic (exact) mass is 313 g/mol. The van der Waals surface area contributed by atoms with Gasteiger partial charge in [-0.3, -0.25) is 4.79 Å². The highest BCUT2D eigenvalue weighted by molar-refractivity contribution is 5.80. The van der Waals surface area contributed by atoms with Crippen LogP contribution in [0, 0.1) is 29.6 Å². The van der Waals surface area contributed by atoms with Gasteiger partial charge in [0.05, 0.1) is 0 Å². The molecule has 6 rings (SSSR count). The number of nitrogens with zero attached hydrogens (tertiary/aromatic N) is 2. The van der Waals surface area contributed by atoms with Crippen molar-refractivity contribution in [1.29, 1.82) is 0 Å². The zero-order valence-electron chi connectivity index (χ0n) is 13.8. The summed E-state index contributed by atoms with van der Waals surface area (Å²) in [5.74, 6) is 5.57.